The van der Waals surface area contributed by atoms with E-state index < -0.39 is 0 Å². The number of fused-ring (bicyclic) bond motifs is 1. The van der Waals surface area contributed by atoms with Crippen LogP contribution in [-0.2, 0) is 0 Å². The number of hydrogen-bond acceptors (Lipinski definition) is 3. The van der Waals surface area contributed by atoms with E-state index in [1.54, 1.807) is 22.9 Å². The fraction of sp³-hybridized carbons (Fsp3) is 0.0769. The smallest absolute Gasteiger partial charge is 0.207 e. The summed E-state index contributed by atoms with van der Waals surface area (Å²) in [5, 5.41) is 0.964. The van der Waals surface area contributed by atoms with E-state index in [4.69, 9.17) is 28.9 Å². The maximum absolute atomic E-state index is 6.04. The molecule has 3 aromatic rings. The molecule has 0 saturated carbocycles. The highest BCUT2D eigenvalue weighted by Gasteiger charge is 2.13. The van der Waals surface area contributed by atoms with Crippen LogP contribution in [0.1, 0.15) is 5.56 Å². The van der Waals surface area contributed by atoms with Crippen molar-refractivity contribution >= 4 is 40.3 Å². The topological polar surface area (TPSA) is 56.7 Å². The molecule has 0 spiro atoms. The van der Waals surface area contributed by atoms with E-state index in [0.29, 0.717) is 21.6 Å². The molecule has 4 nitrogen and oxygen atoms in total. The van der Waals surface area contributed by atoms with Crippen LogP contribution in [-0.4, -0.2) is 14.5 Å². The Morgan fingerprint density at radius 2 is 1.95 bits per heavy atom. The van der Waals surface area contributed by atoms with Crippen LogP contribution >= 0.6 is 23.2 Å². The predicted octanol–water partition coefficient (Wildman–Crippen LogP) is 3.62. The highest BCUT2D eigenvalue weighted by Crippen LogP contribution is 2.28. The van der Waals surface area contributed by atoms with Crippen molar-refractivity contribution < 1.29 is 0 Å². The third-order valence-corrected chi connectivity index (χ3v) is 3.67. The molecule has 0 atom stereocenters. The zero-order valence-corrected chi connectivity index (χ0v) is 11.6. The predicted molar refractivity (Wildman–Crippen MR) is 78.0 cm³/mol. The van der Waals surface area contributed by atoms with Crippen LogP contribution in [0.5, 0.6) is 0 Å². The fourth-order valence-electron chi connectivity index (χ4n) is 1.99. The van der Waals surface area contributed by atoms with E-state index in [1.165, 1.54) is 0 Å². The molecule has 3 rings (SSSR count). The van der Waals surface area contributed by atoms with Crippen LogP contribution < -0.4 is 5.73 Å². The van der Waals surface area contributed by atoms with Crippen LogP contribution in [0.3, 0.4) is 0 Å². The minimum absolute atomic E-state index is 0.371. The molecular weight excluding hydrogens is 283 g/mol. The number of aromatic nitrogens is 3. The molecular formula is C13H10Cl2N4. The van der Waals surface area contributed by atoms with Gasteiger partial charge >= 0.3 is 0 Å². The van der Waals surface area contributed by atoms with Crippen molar-refractivity contribution in [1.29, 1.82) is 0 Å². The Labute approximate surface area is 119 Å². The molecule has 0 saturated heterocycles. The first-order valence-electron chi connectivity index (χ1n) is 5.63. The second-order valence-corrected chi connectivity index (χ2v) is 5.02. The third-order valence-electron chi connectivity index (χ3n) is 2.94. The second-order valence-electron chi connectivity index (χ2n) is 4.20. The largest absolute Gasteiger partial charge is 0.369 e. The molecule has 0 aliphatic heterocycles. The van der Waals surface area contributed by atoms with E-state index in [1.807, 2.05) is 19.1 Å². The molecule has 2 heterocycles. The van der Waals surface area contributed by atoms with Gasteiger partial charge in [0.15, 0.2) is 5.65 Å². The molecule has 0 amide bonds. The molecule has 1 aromatic carbocycles. The monoisotopic (exact) mass is 292 g/mol. The minimum Gasteiger partial charge on any atom is -0.369 e. The van der Waals surface area contributed by atoms with Gasteiger partial charge in [0.05, 0.1) is 15.7 Å². The average molecular weight is 293 g/mol. The second kappa shape index (κ2) is 4.40. The van der Waals surface area contributed by atoms with E-state index in [9.17, 15) is 0 Å². The van der Waals surface area contributed by atoms with Crippen LogP contribution in [0.15, 0.2) is 30.5 Å². The molecule has 0 radical (unpaired) electrons. The summed E-state index contributed by atoms with van der Waals surface area (Å²) in [5.74, 6) is 0.371. The van der Waals surface area contributed by atoms with E-state index >= 15 is 0 Å². The molecule has 0 unspecified atom stereocenters. The summed E-state index contributed by atoms with van der Waals surface area (Å²) in [6.45, 7) is 1.97. The molecule has 6 heteroatoms. The lowest BCUT2D eigenvalue weighted by Crippen LogP contribution is -2.01. The molecule has 0 aliphatic carbocycles. The molecule has 2 N–H and O–H groups in total. The van der Waals surface area contributed by atoms with E-state index in [-0.39, 0.29) is 0 Å². The first-order chi connectivity index (χ1) is 9.08. The van der Waals surface area contributed by atoms with Crippen LogP contribution in [0, 0.1) is 6.92 Å². The molecule has 0 fully saturated rings. The number of aryl methyl sites for hydroxylation is 1. The standard InChI is InChI=1S/C13H10Cl2N4/c1-7-4-5-17-12-11(7)18-13(16)19(12)8-2-3-9(14)10(15)6-8/h2-6H,1H3,(H2,16,18). The van der Waals surface area contributed by atoms with Gasteiger partial charge in [0.2, 0.25) is 5.95 Å². The molecule has 96 valence electrons. The summed E-state index contributed by atoms with van der Waals surface area (Å²) in [6, 6.07) is 7.19. The zero-order chi connectivity index (χ0) is 13.6. The van der Waals surface area contributed by atoms with Gasteiger partial charge in [0.1, 0.15) is 5.52 Å². The summed E-state index contributed by atoms with van der Waals surface area (Å²) < 4.78 is 1.75. The van der Waals surface area contributed by atoms with Gasteiger partial charge in [0.25, 0.3) is 0 Å². The van der Waals surface area contributed by atoms with Crippen molar-refractivity contribution in [3.05, 3.63) is 46.1 Å². The van der Waals surface area contributed by atoms with Gasteiger partial charge in [-0.15, -0.1) is 0 Å². The summed E-state index contributed by atoms with van der Waals surface area (Å²) in [6.07, 6.45) is 1.73. The number of halogens is 2. The van der Waals surface area contributed by atoms with E-state index in [0.717, 1.165) is 16.8 Å². The number of benzene rings is 1. The van der Waals surface area contributed by atoms with Crippen molar-refractivity contribution in [2.24, 2.45) is 0 Å². The van der Waals surface area contributed by atoms with Crippen LogP contribution in [0.25, 0.3) is 16.9 Å². The molecule has 19 heavy (non-hydrogen) atoms. The van der Waals surface area contributed by atoms with Crippen molar-refractivity contribution in [3.8, 4) is 5.69 Å². The lowest BCUT2D eigenvalue weighted by atomic mass is 10.2. The number of anilines is 1. The Balaban J connectivity index is 2.33. The van der Waals surface area contributed by atoms with Gasteiger partial charge < -0.3 is 5.73 Å². The lowest BCUT2D eigenvalue weighted by molar-refractivity contribution is 1.08. The highest BCUT2D eigenvalue weighted by atomic mass is 35.5. The summed E-state index contributed by atoms with van der Waals surface area (Å²) in [4.78, 5) is 8.68. The lowest BCUT2D eigenvalue weighted by Gasteiger charge is -2.07. The Kier molecular flexibility index (Phi) is 2.84. The summed E-state index contributed by atoms with van der Waals surface area (Å²) in [5.41, 5.74) is 9.27. The molecule has 2 aromatic heterocycles. The SMILES string of the molecule is Cc1ccnc2c1nc(N)n2-c1ccc(Cl)c(Cl)c1. The van der Waals surface area contributed by atoms with Crippen molar-refractivity contribution in [2.45, 2.75) is 6.92 Å². The van der Waals surface area contributed by atoms with Gasteiger partial charge in [-0.25, -0.2) is 9.97 Å². The van der Waals surface area contributed by atoms with Crippen LogP contribution in [0.2, 0.25) is 10.0 Å². The molecule has 0 aliphatic rings. The van der Waals surface area contributed by atoms with E-state index in [2.05, 4.69) is 9.97 Å². The Bertz CT molecular complexity index is 780. The van der Waals surface area contributed by atoms with Gasteiger partial charge in [-0.05, 0) is 36.8 Å². The molecule has 0 bridgehead atoms. The highest BCUT2D eigenvalue weighted by molar-refractivity contribution is 6.42. The van der Waals surface area contributed by atoms with Crippen LogP contribution in [0.4, 0.5) is 5.95 Å². The maximum Gasteiger partial charge on any atom is 0.207 e. The number of rotatable bonds is 1. The quantitative estimate of drug-likeness (QED) is 0.745. The minimum atomic E-state index is 0.371. The zero-order valence-electron chi connectivity index (χ0n) is 10.1. The third kappa shape index (κ3) is 1.93. The normalized spacial score (nSPS) is 11.1. The van der Waals surface area contributed by atoms with Crippen molar-refractivity contribution in [2.75, 3.05) is 5.73 Å². The fourth-order valence-corrected chi connectivity index (χ4v) is 2.28. The first kappa shape index (κ1) is 12.3. The van der Waals surface area contributed by atoms with Gasteiger partial charge in [0, 0.05) is 6.20 Å². The summed E-state index contributed by atoms with van der Waals surface area (Å²) in [7, 11) is 0. The van der Waals surface area contributed by atoms with Gasteiger partial charge in [-0.3, -0.25) is 4.57 Å². The Hall–Kier alpha value is -1.78. The number of nitrogens with two attached hydrogens (primary N) is 1. The number of nitrogens with zero attached hydrogens (tertiary/aromatic N) is 3. The maximum atomic E-state index is 6.04. The number of hydrogen-bond donors (Lipinski definition) is 1. The first-order valence-corrected chi connectivity index (χ1v) is 6.38. The van der Waals surface area contributed by atoms with Crippen molar-refractivity contribution in [3.63, 3.8) is 0 Å². The average Bonchev–Trinajstić information content (AvgIpc) is 2.71. The summed E-state index contributed by atoms with van der Waals surface area (Å²) >= 11 is 12.0. The number of imidazole rings is 1. The van der Waals surface area contributed by atoms with Gasteiger partial charge in [-0.1, -0.05) is 23.2 Å². The number of pyridine rings is 1. The van der Waals surface area contributed by atoms with Gasteiger partial charge in [-0.2, -0.15) is 0 Å². The number of nitrogen functional groups attached to an aromatic ring is 1. The Morgan fingerprint density at radius 1 is 1.16 bits per heavy atom. The van der Waals surface area contributed by atoms with Crippen molar-refractivity contribution in [1.82, 2.24) is 14.5 Å². The Morgan fingerprint density at radius 3 is 2.68 bits per heavy atom.